The summed E-state index contributed by atoms with van der Waals surface area (Å²) in [6.45, 7) is 5.25. The maximum Gasteiger partial charge on any atom is 0.319 e. The molecule has 1 unspecified atom stereocenters. The number of aromatic nitrogens is 2. The first kappa shape index (κ1) is 27.9. The third-order valence-corrected chi connectivity index (χ3v) is 10.7. The van der Waals surface area contributed by atoms with Crippen LogP contribution in [0.4, 0.5) is 19.0 Å². The summed E-state index contributed by atoms with van der Waals surface area (Å²) in [5.74, 6) is 1.57. The molecule has 8 rings (SSSR count). The summed E-state index contributed by atoms with van der Waals surface area (Å²) in [5.41, 5.74) is 1.31. The Bertz CT molecular complexity index is 1840. The highest BCUT2D eigenvalue weighted by Gasteiger charge is 2.49. The van der Waals surface area contributed by atoms with Gasteiger partial charge in [0.15, 0.2) is 0 Å². The van der Waals surface area contributed by atoms with Crippen molar-refractivity contribution in [1.82, 2.24) is 20.2 Å². The molecular weight excluding hydrogens is 563 g/mol. The number of halogens is 3. The van der Waals surface area contributed by atoms with Crippen LogP contribution in [-0.2, 0) is 0 Å². The number of fused-ring (bicyclic) bond motifs is 4. The molecule has 1 N–H and O–H groups in total. The van der Waals surface area contributed by atoms with Crippen molar-refractivity contribution in [2.45, 2.75) is 75.2 Å². The minimum Gasteiger partial charge on any atom is -0.461 e. The summed E-state index contributed by atoms with van der Waals surface area (Å²) in [4.78, 5) is 14.2. The van der Waals surface area contributed by atoms with E-state index in [-0.39, 0.29) is 41.2 Å². The van der Waals surface area contributed by atoms with Gasteiger partial charge >= 0.3 is 6.01 Å². The molecule has 6 nitrogen and oxygen atoms in total. The van der Waals surface area contributed by atoms with Crippen LogP contribution in [0.2, 0.25) is 0 Å². The number of terminal acetylenes is 1. The summed E-state index contributed by atoms with van der Waals surface area (Å²) in [6.07, 6.45) is 9.64. The van der Waals surface area contributed by atoms with Crippen molar-refractivity contribution in [1.29, 1.82) is 0 Å². The Kier molecular flexibility index (Phi) is 6.65. The molecule has 2 aromatic carbocycles. The van der Waals surface area contributed by atoms with Crippen LogP contribution in [0.3, 0.4) is 0 Å². The molecule has 0 spiro atoms. The number of piperazine rings is 1. The number of nitrogens with zero attached hydrogens (tertiary/aromatic N) is 4. The fraction of sp³-hybridized carbons (Fsp3) is 0.486. The van der Waals surface area contributed by atoms with Crippen LogP contribution in [-0.4, -0.2) is 71.4 Å². The van der Waals surface area contributed by atoms with Gasteiger partial charge in [-0.3, -0.25) is 4.90 Å². The van der Waals surface area contributed by atoms with E-state index in [0.717, 1.165) is 61.5 Å². The Morgan fingerprint density at radius 3 is 2.91 bits per heavy atom. The van der Waals surface area contributed by atoms with E-state index < -0.39 is 23.7 Å². The SMILES string of the molecule is C#Cc1c(F)ccc2cccc(C3C(F)=c4nc(OC[C@@]56CCCN5C[C@H](F)C6)nc5c4=C3CC[C@@H]3CN[C@H](CC)CN53)c12. The van der Waals surface area contributed by atoms with E-state index in [1.165, 1.54) is 6.07 Å². The fourth-order valence-electron chi connectivity index (χ4n) is 8.59. The Labute approximate surface area is 255 Å². The molecular formula is C35H36F3N5O. The smallest absolute Gasteiger partial charge is 0.319 e. The predicted octanol–water partition coefficient (Wildman–Crippen LogP) is 4.08. The van der Waals surface area contributed by atoms with Gasteiger partial charge in [0.05, 0.1) is 17.0 Å². The first-order valence-corrected chi connectivity index (χ1v) is 15.9. The molecule has 3 fully saturated rings. The standard InChI is InChI=1S/C35H36F3N5O/c1-3-22-18-43-23(16-39-22)10-11-26-29(25-8-5-7-20-9-12-27(37)24(4-2)28(20)25)31(38)32-30(26)33(43)41-34(40-32)44-19-35-13-6-14-42(35)17-21(36)15-35/h2,5,7-9,12,21-23,29,39H,3,6,10-11,13-19H2,1H3/t21-,22-,23-,29?,35+/m1/s1. The van der Waals surface area contributed by atoms with Crippen LogP contribution in [0.25, 0.3) is 22.2 Å². The number of alkyl halides is 1. The predicted molar refractivity (Wildman–Crippen MR) is 165 cm³/mol. The molecule has 5 atom stereocenters. The molecule has 3 saturated heterocycles. The number of benzene rings is 2. The van der Waals surface area contributed by atoms with Gasteiger partial charge in [0.1, 0.15) is 35.6 Å². The largest absolute Gasteiger partial charge is 0.461 e. The molecule has 9 heteroatoms. The third kappa shape index (κ3) is 4.17. The van der Waals surface area contributed by atoms with Gasteiger partial charge in [-0.25, -0.2) is 13.2 Å². The van der Waals surface area contributed by atoms with Gasteiger partial charge in [-0.1, -0.05) is 37.1 Å². The lowest BCUT2D eigenvalue weighted by Crippen LogP contribution is -2.58. The zero-order valence-corrected chi connectivity index (χ0v) is 24.9. The maximum atomic E-state index is 17.0. The quantitative estimate of drug-likeness (QED) is 0.447. The van der Waals surface area contributed by atoms with Gasteiger partial charge in [0, 0.05) is 48.7 Å². The van der Waals surface area contributed by atoms with Crippen molar-refractivity contribution in [3.8, 4) is 18.4 Å². The molecule has 3 aromatic rings. The minimum absolute atomic E-state index is 0.123. The third-order valence-electron chi connectivity index (χ3n) is 10.7. The van der Waals surface area contributed by atoms with Gasteiger partial charge in [0.2, 0.25) is 0 Å². The van der Waals surface area contributed by atoms with Crippen molar-refractivity contribution < 1.29 is 17.9 Å². The molecule has 0 bridgehead atoms. The normalized spacial score (nSPS) is 29.4. The molecule has 1 aromatic heterocycles. The second-order valence-electron chi connectivity index (χ2n) is 13.1. The van der Waals surface area contributed by atoms with E-state index in [0.29, 0.717) is 36.2 Å². The Balaban J connectivity index is 1.30. The van der Waals surface area contributed by atoms with Gasteiger partial charge in [-0.2, -0.15) is 9.97 Å². The lowest BCUT2D eigenvalue weighted by molar-refractivity contribution is 0.107. The van der Waals surface area contributed by atoms with E-state index in [1.54, 1.807) is 6.07 Å². The van der Waals surface area contributed by atoms with Crippen molar-refractivity contribution in [2.24, 2.45) is 0 Å². The molecule has 0 radical (unpaired) electrons. The Morgan fingerprint density at radius 2 is 2.07 bits per heavy atom. The number of nitrogens with one attached hydrogen (secondary N) is 1. The second-order valence-corrected chi connectivity index (χ2v) is 13.1. The lowest BCUT2D eigenvalue weighted by Gasteiger charge is -2.40. The molecule has 0 saturated carbocycles. The molecule has 0 amide bonds. The molecule has 1 aliphatic carbocycles. The van der Waals surface area contributed by atoms with Crippen molar-refractivity contribution in [3.05, 3.63) is 57.8 Å². The van der Waals surface area contributed by atoms with Crippen molar-refractivity contribution >= 4 is 28.0 Å². The van der Waals surface area contributed by atoms with E-state index in [2.05, 4.69) is 28.0 Å². The van der Waals surface area contributed by atoms with Crippen LogP contribution in [0, 0.1) is 18.2 Å². The highest BCUT2D eigenvalue weighted by molar-refractivity contribution is 5.95. The minimum atomic E-state index is -0.876. The Morgan fingerprint density at radius 1 is 1.18 bits per heavy atom. The van der Waals surface area contributed by atoms with Gasteiger partial charge in [-0.15, -0.1) is 6.42 Å². The number of rotatable bonds is 5. The van der Waals surface area contributed by atoms with E-state index in [1.807, 2.05) is 18.2 Å². The van der Waals surface area contributed by atoms with Crippen LogP contribution < -0.4 is 25.5 Å². The first-order valence-electron chi connectivity index (χ1n) is 15.9. The second kappa shape index (κ2) is 10.5. The molecule has 5 heterocycles. The fourth-order valence-corrected chi connectivity index (χ4v) is 8.59. The number of hydrogen-bond donors (Lipinski definition) is 1. The summed E-state index contributed by atoms with van der Waals surface area (Å²) < 4.78 is 52.8. The topological polar surface area (TPSA) is 53.5 Å². The van der Waals surface area contributed by atoms with Crippen LogP contribution in [0.15, 0.2) is 30.3 Å². The van der Waals surface area contributed by atoms with E-state index in [4.69, 9.17) is 21.1 Å². The molecule has 5 aliphatic rings. The summed E-state index contributed by atoms with van der Waals surface area (Å²) in [5, 5.41) is 5.95. The van der Waals surface area contributed by atoms with Crippen LogP contribution in [0.1, 0.15) is 62.5 Å². The summed E-state index contributed by atoms with van der Waals surface area (Å²) >= 11 is 0. The van der Waals surface area contributed by atoms with E-state index >= 15 is 4.39 Å². The Hall–Kier alpha value is -3.61. The van der Waals surface area contributed by atoms with Crippen molar-refractivity contribution in [3.63, 3.8) is 0 Å². The van der Waals surface area contributed by atoms with Gasteiger partial charge in [0.25, 0.3) is 0 Å². The summed E-state index contributed by atoms with van der Waals surface area (Å²) in [6, 6.07) is 9.23. The zero-order chi connectivity index (χ0) is 30.2. The highest BCUT2D eigenvalue weighted by Crippen LogP contribution is 2.44. The zero-order valence-electron chi connectivity index (χ0n) is 24.9. The van der Waals surface area contributed by atoms with Crippen LogP contribution >= 0.6 is 0 Å². The first-order chi connectivity index (χ1) is 21.4. The number of hydrogen-bond acceptors (Lipinski definition) is 6. The average Bonchev–Trinajstić information content (AvgIpc) is 3.61. The average molecular weight is 600 g/mol. The monoisotopic (exact) mass is 599 g/mol. The number of anilines is 1. The summed E-state index contributed by atoms with van der Waals surface area (Å²) in [7, 11) is 0. The molecule has 228 valence electrons. The maximum absolute atomic E-state index is 17.0. The number of ether oxygens (including phenoxy) is 1. The molecule has 44 heavy (non-hydrogen) atoms. The van der Waals surface area contributed by atoms with Gasteiger partial charge < -0.3 is 15.0 Å². The molecule has 4 aliphatic heterocycles. The van der Waals surface area contributed by atoms with Crippen molar-refractivity contribution in [2.75, 3.05) is 37.7 Å². The lowest BCUT2D eigenvalue weighted by atomic mass is 9.84. The van der Waals surface area contributed by atoms with Crippen LogP contribution in [0.5, 0.6) is 6.01 Å². The highest BCUT2D eigenvalue weighted by atomic mass is 19.1. The van der Waals surface area contributed by atoms with Gasteiger partial charge in [-0.05, 0) is 61.2 Å². The van der Waals surface area contributed by atoms with E-state index in [9.17, 15) is 8.78 Å².